The number of ether oxygens (including phenoxy) is 1. The molecule has 30 heavy (non-hydrogen) atoms. The Labute approximate surface area is 175 Å². The fourth-order valence-corrected chi connectivity index (χ4v) is 2.66. The number of aryl methyl sites for hydroxylation is 1. The zero-order valence-electron chi connectivity index (χ0n) is 17.7. The van der Waals surface area contributed by atoms with Crippen molar-refractivity contribution in [1.29, 1.82) is 0 Å². The van der Waals surface area contributed by atoms with Gasteiger partial charge >= 0.3 is 0 Å². The fourth-order valence-electron chi connectivity index (χ4n) is 2.66. The quantitative estimate of drug-likeness (QED) is 0.509. The van der Waals surface area contributed by atoms with Crippen LogP contribution in [-0.4, -0.2) is 42.3 Å². The molecule has 1 amide bonds. The second-order valence-corrected chi connectivity index (χ2v) is 7.65. The van der Waals surface area contributed by atoms with E-state index in [1.54, 1.807) is 42.3 Å². The maximum atomic E-state index is 12.2. The van der Waals surface area contributed by atoms with Gasteiger partial charge in [-0.15, -0.1) is 0 Å². The van der Waals surface area contributed by atoms with Crippen molar-refractivity contribution in [1.82, 2.24) is 30.2 Å². The monoisotopic (exact) mass is 410 g/mol. The topological polar surface area (TPSA) is 119 Å². The molecule has 0 aliphatic rings. The van der Waals surface area contributed by atoms with E-state index in [2.05, 4.69) is 36.2 Å². The summed E-state index contributed by atoms with van der Waals surface area (Å²) in [7, 11) is 1.83. The largest absolute Gasteiger partial charge is 0.363 e. The molecule has 0 unspecified atom stereocenters. The van der Waals surface area contributed by atoms with Gasteiger partial charge in [0.1, 0.15) is 17.7 Å². The maximum Gasteiger partial charge on any atom is 0.267 e. The van der Waals surface area contributed by atoms with Gasteiger partial charge in [-0.05, 0) is 45.9 Å². The van der Waals surface area contributed by atoms with Crippen LogP contribution in [0.2, 0.25) is 0 Å². The Morgan fingerprint density at radius 2 is 1.90 bits per heavy atom. The number of amides is 1. The van der Waals surface area contributed by atoms with Crippen molar-refractivity contribution in [3.8, 4) is 11.3 Å². The number of nitrogens with zero attached hydrogens (tertiary/aromatic N) is 5. The third-order valence-electron chi connectivity index (χ3n) is 3.99. The van der Waals surface area contributed by atoms with Gasteiger partial charge in [0.2, 0.25) is 5.95 Å². The summed E-state index contributed by atoms with van der Waals surface area (Å²) in [6.07, 6.45) is 4.38. The van der Waals surface area contributed by atoms with Gasteiger partial charge in [-0.25, -0.2) is 15.0 Å². The van der Waals surface area contributed by atoms with Gasteiger partial charge in [0, 0.05) is 31.1 Å². The predicted molar refractivity (Wildman–Crippen MR) is 114 cm³/mol. The minimum absolute atomic E-state index is 0.290. The lowest BCUT2D eigenvalue weighted by atomic mass is 10.2. The molecule has 3 aromatic rings. The Kier molecular flexibility index (Phi) is 6.26. The van der Waals surface area contributed by atoms with Crippen LogP contribution in [0.3, 0.4) is 0 Å². The van der Waals surface area contributed by atoms with Crippen LogP contribution >= 0.6 is 0 Å². The molecule has 0 saturated carbocycles. The highest BCUT2D eigenvalue weighted by molar-refractivity contribution is 5.81. The highest BCUT2D eigenvalue weighted by Gasteiger charge is 2.21. The number of aromatic nitrogens is 5. The number of carbonyl (C=O) groups is 1. The lowest BCUT2D eigenvalue weighted by molar-refractivity contribution is -0.139. The lowest BCUT2D eigenvalue weighted by Gasteiger charge is -2.24. The number of hydrazine groups is 1. The van der Waals surface area contributed by atoms with E-state index in [4.69, 9.17) is 4.74 Å². The van der Waals surface area contributed by atoms with Crippen LogP contribution in [0, 0.1) is 0 Å². The molecule has 1 atom stereocenters. The van der Waals surface area contributed by atoms with Gasteiger partial charge < -0.3 is 10.1 Å². The lowest BCUT2D eigenvalue weighted by Crippen LogP contribution is -2.41. The zero-order chi connectivity index (χ0) is 21.7. The van der Waals surface area contributed by atoms with Gasteiger partial charge in [-0.2, -0.15) is 5.10 Å². The molecule has 0 saturated heterocycles. The van der Waals surface area contributed by atoms with Crippen LogP contribution in [0.5, 0.6) is 0 Å². The maximum absolute atomic E-state index is 12.2. The second-order valence-electron chi connectivity index (χ2n) is 7.65. The Morgan fingerprint density at radius 1 is 1.13 bits per heavy atom. The Hall–Kier alpha value is -3.53. The van der Waals surface area contributed by atoms with Gasteiger partial charge in [0.25, 0.3) is 5.91 Å². The molecule has 0 radical (unpaired) electrons. The molecule has 10 nitrogen and oxygen atoms in total. The molecule has 10 heteroatoms. The highest BCUT2D eigenvalue weighted by atomic mass is 16.5. The second kappa shape index (κ2) is 8.87. The summed E-state index contributed by atoms with van der Waals surface area (Å²) < 4.78 is 7.33. The number of carbonyl (C=O) groups excluding carboxylic acids is 1. The highest BCUT2D eigenvalue weighted by Crippen LogP contribution is 2.21. The number of pyridine rings is 1. The van der Waals surface area contributed by atoms with Crippen molar-refractivity contribution in [3.05, 3.63) is 42.9 Å². The number of rotatable bonds is 7. The van der Waals surface area contributed by atoms with Crippen molar-refractivity contribution in [2.75, 3.05) is 10.7 Å². The molecule has 158 valence electrons. The average molecular weight is 410 g/mol. The summed E-state index contributed by atoms with van der Waals surface area (Å²) in [6.45, 7) is 7.39. The number of hydrogen-bond donors (Lipinski definition) is 3. The number of nitrogens with one attached hydrogen (secondary N) is 3. The van der Waals surface area contributed by atoms with E-state index in [9.17, 15) is 4.79 Å². The first kappa shape index (κ1) is 21.2. The molecule has 3 N–H and O–H groups in total. The Balaban J connectivity index is 1.67. The molecule has 0 aliphatic carbocycles. The molecule has 3 heterocycles. The molecule has 0 fully saturated rings. The minimum Gasteiger partial charge on any atom is -0.363 e. The Morgan fingerprint density at radius 3 is 2.60 bits per heavy atom. The van der Waals surface area contributed by atoms with Crippen LogP contribution in [0.25, 0.3) is 11.3 Å². The van der Waals surface area contributed by atoms with E-state index in [1.165, 1.54) is 0 Å². The van der Waals surface area contributed by atoms with Gasteiger partial charge in [0.05, 0.1) is 17.5 Å². The smallest absolute Gasteiger partial charge is 0.267 e. The summed E-state index contributed by atoms with van der Waals surface area (Å²) in [5.41, 5.74) is 6.54. The van der Waals surface area contributed by atoms with Crippen molar-refractivity contribution in [2.24, 2.45) is 7.05 Å². The minimum atomic E-state index is -0.608. The van der Waals surface area contributed by atoms with E-state index >= 15 is 0 Å². The summed E-state index contributed by atoms with van der Waals surface area (Å²) in [4.78, 5) is 25.2. The first-order valence-electron chi connectivity index (χ1n) is 9.49. The van der Waals surface area contributed by atoms with Crippen molar-refractivity contribution >= 4 is 23.5 Å². The fraction of sp³-hybridized carbons (Fsp3) is 0.350. The SMILES string of the molecule is C[C@H](OC(C)(C)C)C(=O)NNc1cc(-c2ccnc(Nc3ccnn3C)n2)ccn1. The molecule has 0 aliphatic heterocycles. The summed E-state index contributed by atoms with van der Waals surface area (Å²) in [5, 5.41) is 7.23. The molecule has 0 bridgehead atoms. The molecular weight excluding hydrogens is 384 g/mol. The van der Waals surface area contributed by atoms with Gasteiger partial charge in [0.15, 0.2) is 0 Å². The molecule has 0 aromatic carbocycles. The van der Waals surface area contributed by atoms with Crippen LogP contribution < -0.4 is 16.2 Å². The standard InChI is InChI=1S/C20H26N8O2/c1-13(30-20(2,3)4)18(29)27-26-16-12-14(6-9-21-16)15-7-10-22-19(24-15)25-17-8-11-23-28(17)5/h6-13H,1-5H3,(H,21,26)(H,27,29)(H,22,24,25)/t13-/m0/s1. The summed E-state index contributed by atoms with van der Waals surface area (Å²) >= 11 is 0. The van der Waals surface area contributed by atoms with Crippen molar-refractivity contribution in [2.45, 2.75) is 39.4 Å². The van der Waals surface area contributed by atoms with E-state index in [1.807, 2.05) is 40.0 Å². The van der Waals surface area contributed by atoms with E-state index in [0.29, 0.717) is 17.5 Å². The van der Waals surface area contributed by atoms with Gasteiger partial charge in [-0.1, -0.05) is 0 Å². The summed E-state index contributed by atoms with van der Waals surface area (Å²) in [5.74, 6) is 1.41. The van der Waals surface area contributed by atoms with Crippen LogP contribution in [-0.2, 0) is 16.6 Å². The van der Waals surface area contributed by atoms with Crippen LogP contribution in [0.4, 0.5) is 17.6 Å². The van der Waals surface area contributed by atoms with E-state index in [-0.39, 0.29) is 5.91 Å². The third kappa shape index (κ3) is 5.74. The van der Waals surface area contributed by atoms with Crippen LogP contribution in [0.1, 0.15) is 27.7 Å². The normalized spacial score (nSPS) is 12.3. The molecule has 3 rings (SSSR count). The van der Waals surface area contributed by atoms with E-state index in [0.717, 1.165) is 11.4 Å². The molecule has 0 spiro atoms. The van der Waals surface area contributed by atoms with E-state index < -0.39 is 11.7 Å². The molecule has 3 aromatic heterocycles. The van der Waals surface area contributed by atoms with Crippen molar-refractivity contribution < 1.29 is 9.53 Å². The first-order valence-corrected chi connectivity index (χ1v) is 9.49. The van der Waals surface area contributed by atoms with Crippen LogP contribution in [0.15, 0.2) is 42.9 Å². The third-order valence-corrected chi connectivity index (χ3v) is 3.99. The first-order chi connectivity index (χ1) is 14.2. The average Bonchev–Trinajstić information content (AvgIpc) is 3.09. The number of anilines is 3. The van der Waals surface area contributed by atoms with Gasteiger partial charge in [-0.3, -0.25) is 20.3 Å². The zero-order valence-corrected chi connectivity index (χ0v) is 17.7. The number of hydrogen-bond acceptors (Lipinski definition) is 8. The van der Waals surface area contributed by atoms with Crippen molar-refractivity contribution in [3.63, 3.8) is 0 Å². The summed E-state index contributed by atoms with van der Waals surface area (Å²) in [6, 6.07) is 7.24. The Bertz CT molecular complexity index is 1010. The predicted octanol–water partition coefficient (Wildman–Crippen LogP) is 2.66. The molecular formula is C20H26N8O2.